The molecule has 0 fully saturated rings. The van der Waals surface area contributed by atoms with E-state index in [4.69, 9.17) is 18.0 Å². The van der Waals surface area contributed by atoms with Crippen LogP contribution in [0.15, 0.2) is 12.3 Å². The first-order valence-corrected chi connectivity index (χ1v) is 4.30. The van der Waals surface area contributed by atoms with Gasteiger partial charge in [0.2, 0.25) is 10.7 Å². The highest BCUT2D eigenvalue weighted by Gasteiger charge is 2.04. The monoisotopic (exact) mass is 208 g/mol. The van der Waals surface area contributed by atoms with Crippen LogP contribution in [0, 0.1) is 4.77 Å². The van der Waals surface area contributed by atoms with Gasteiger partial charge in [-0.3, -0.25) is 4.68 Å². The Morgan fingerprint density at radius 3 is 2.86 bits per heavy atom. The number of aromatic nitrogens is 5. The molecule has 0 saturated heterocycles. The van der Waals surface area contributed by atoms with Gasteiger partial charge in [0.05, 0.1) is 0 Å². The van der Waals surface area contributed by atoms with E-state index in [9.17, 15) is 0 Å². The molecule has 0 spiro atoms. The minimum Gasteiger partial charge on any atom is -0.369 e. The molecule has 0 atom stereocenters. The summed E-state index contributed by atoms with van der Waals surface area (Å²) >= 11 is 4.84. The molecule has 0 aliphatic rings. The summed E-state index contributed by atoms with van der Waals surface area (Å²) < 4.78 is 1.88. The average Bonchev–Trinajstić information content (AvgIpc) is 2.50. The highest BCUT2D eigenvalue weighted by Crippen LogP contribution is 2.10. The number of aromatic amines is 1. The molecule has 3 N–H and O–H groups in total. The van der Waals surface area contributed by atoms with Crippen molar-refractivity contribution in [3.05, 3.63) is 17.0 Å². The highest BCUT2D eigenvalue weighted by atomic mass is 32.1. The second-order valence-corrected chi connectivity index (χ2v) is 3.10. The van der Waals surface area contributed by atoms with Crippen molar-refractivity contribution in [2.75, 3.05) is 5.73 Å². The van der Waals surface area contributed by atoms with Gasteiger partial charge in [-0.1, -0.05) is 0 Å². The molecule has 72 valence electrons. The van der Waals surface area contributed by atoms with Crippen LogP contribution in [0.4, 0.5) is 5.95 Å². The first-order valence-electron chi connectivity index (χ1n) is 3.89. The van der Waals surface area contributed by atoms with Crippen LogP contribution in [-0.4, -0.2) is 24.7 Å². The molecule has 0 bridgehead atoms. The Morgan fingerprint density at radius 1 is 1.50 bits per heavy atom. The van der Waals surface area contributed by atoms with E-state index in [0.717, 1.165) is 0 Å². The fourth-order valence-electron chi connectivity index (χ4n) is 1.06. The van der Waals surface area contributed by atoms with Gasteiger partial charge in [-0.25, -0.2) is 0 Å². The van der Waals surface area contributed by atoms with Crippen molar-refractivity contribution in [1.29, 1.82) is 0 Å². The summed E-state index contributed by atoms with van der Waals surface area (Å²) in [6.07, 6.45) is 1.81. The van der Waals surface area contributed by atoms with Gasteiger partial charge < -0.3 is 10.7 Å². The molecule has 0 aliphatic heterocycles. The lowest BCUT2D eigenvalue weighted by molar-refractivity contribution is 0.768. The fourth-order valence-corrected chi connectivity index (χ4v) is 1.25. The van der Waals surface area contributed by atoms with Gasteiger partial charge in [-0.2, -0.15) is 15.1 Å². The SMILES string of the molecule is Cn1ccc(-c2nc(=S)nc(N)[nH]2)n1. The Hall–Kier alpha value is -1.76. The first kappa shape index (κ1) is 8.82. The summed E-state index contributed by atoms with van der Waals surface area (Å²) in [7, 11) is 1.82. The Bertz CT molecular complexity index is 513. The summed E-state index contributed by atoms with van der Waals surface area (Å²) in [5.74, 6) is 0.772. The molecule has 0 aromatic carbocycles. The van der Waals surface area contributed by atoms with Crippen LogP contribution < -0.4 is 5.73 Å². The molecule has 2 rings (SSSR count). The normalized spacial score (nSPS) is 10.4. The zero-order valence-electron chi connectivity index (χ0n) is 7.43. The van der Waals surface area contributed by atoms with E-state index in [-0.39, 0.29) is 10.7 Å². The minimum atomic E-state index is 0.210. The van der Waals surface area contributed by atoms with Crippen molar-refractivity contribution in [2.24, 2.45) is 7.05 Å². The minimum absolute atomic E-state index is 0.210. The quantitative estimate of drug-likeness (QED) is 0.667. The number of nitrogens with two attached hydrogens (primary N) is 1. The van der Waals surface area contributed by atoms with Crippen LogP contribution in [0.5, 0.6) is 0 Å². The van der Waals surface area contributed by atoms with Crippen molar-refractivity contribution < 1.29 is 0 Å². The van der Waals surface area contributed by atoms with E-state index >= 15 is 0 Å². The molecular formula is C7H8N6S. The Kier molecular flexibility index (Phi) is 2.01. The topological polar surface area (TPSA) is 85.4 Å². The van der Waals surface area contributed by atoms with Gasteiger partial charge in [-0.15, -0.1) is 0 Å². The number of nitrogen functional groups attached to an aromatic ring is 1. The number of nitrogens with zero attached hydrogens (tertiary/aromatic N) is 4. The molecule has 0 aliphatic carbocycles. The highest BCUT2D eigenvalue weighted by molar-refractivity contribution is 7.71. The largest absolute Gasteiger partial charge is 0.369 e. The smallest absolute Gasteiger partial charge is 0.224 e. The number of hydrogen-bond donors (Lipinski definition) is 2. The molecule has 6 nitrogen and oxygen atoms in total. The van der Waals surface area contributed by atoms with Gasteiger partial charge in [0.25, 0.3) is 0 Å². The zero-order valence-corrected chi connectivity index (χ0v) is 8.25. The van der Waals surface area contributed by atoms with Crippen LogP contribution >= 0.6 is 12.2 Å². The number of hydrogen-bond acceptors (Lipinski definition) is 5. The van der Waals surface area contributed by atoms with Gasteiger partial charge in [0.1, 0.15) is 5.69 Å². The molecule has 2 heterocycles. The molecule has 0 radical (unpaired) electrons. The lowest BCUT2D eigenvalue weighted by atomic mass is 10.4. The van der Waals surface area contributed by atoms with E-state index in [1.807, 2.05) is 19.3 Å². The zero-order chi connectivity index (χ0) is 10.1. The predicted molar refractivity (Wildman–Crippen MR) is 53.8 cm³/mol. The van der Waals surface area contributed by atoms with E-state index < -0.39 is 0 Å². The van der Waals surface area contributed by atoms with Gasteiger partial charge in [0, 0.05) is 13.2 Å². The third-order valence-electron chi connectivity index (χ3n) is 1.63. The van der Waals surface area contributed by atoms with Crippen LogP contribution in [0.1, 0.15) is 0 Å². The maximum absolute atomic E-state index is 5.50. The van der Waals surface area contributed by atoms with E-state index in [2.05, 4.69) is 20.1 Å². The molecule has 2 aromatic rings. The summed E-state index contributed by atoms with van der Waals surface area (Å²) in [5.41, 5.74) is 6.18. The molecule has 0 amide bonds. The molecule has 0 unspecified atom stereocenters. The van der Waals surface area contributed by atoms with E-state index in [1.54, 1.807) is 4.68 Å². The summed E-state index contributed by atoms with van der Waals surface area (Å²) in [6, 6.07) is 1.81. The van der Waals surface area contributed by atoms with Crippen molar-refractivity contribution >= 4 is 18.2 Å². The first-order chi connectivity index (χ1) is 6.65. The predicted octanol–water partition coefficient (Wildman–Crippen LogP) is 0.517. The summed E-state index contributed by atoms with van der Waals surface area (Å²) in [5, 5.41) is 4.16. The van der Waals surface area contributed by atoms with Crippen molar-refractivity contribution in [3.63, 3.8) is 0 Å². The maximum atomic E-state index is 5.50. The average molecular weight is 208 g/mol. The third kappa shape index (κ3) is 1.62. The van der Waals surface area contributed by atoms with Crippen molar-refractivity contribution in [1.82, 2.24) is 24.7 Å². The number of aryl methyl sites for hydroxylation is 1. The molecule has 7 heteroatoms. The van der Waals surface area contributed by atoms with Gasteiger partial charge >= 0.3 is 0 Å². The van der Waals surface area contributed by atoms with Crippen molar-refractivity contribution in [3.8, 4) is 11.5 Å². The van der Waals surface area contributed by atoms with Crippen LogP contribution in [0.3, 0.4) is 0 Å². The van der Waals surface area contributed by atoms with Crippen molar-refractivity contribution in [2.45, 2.75) is 0 Å². The van der Waals surface area contributed by atoms with Crippen LogP contribution in [0.25, 0.3) is 11.5 Å². The lowest BCUT2D eigenvalue weighted by Crippen LogP contribution is -2.00. The van der Waals surface area contributed by atoms with Gasteiger partial charge in [0.15, 0.2) is 5.82 Å². The number of nitrogens with one attached hydrogen (secondary N) is 1. The lowest BCUT2D eigenvalue weighted by Gasteiger charge is -1.97. The number of anilines is 1. The summed E-state index contributed by atoms with van der Waals surface area (Å²) in [6.45, 7) is 0. The second-order valence-electron chi connectivity index (χ2n) is 2.74. The Morgan fingerprint density at radius 2 is 2.29 bits per heavy atom. The van der Waals surface area contributed by atoms with E-state index in [0.29, 0.717) is 11.5 Å². The second kappa shape index (κ2) is 3.18. The van der Waals surface area contributed by atoms with Crippen LogP contribution in [-0.2, 0) is 7.05 Å². The summed E-state index contributed by atoms with van der Waals surface area (Å²) in [4.78, 5) is 10.6. The standard InChI is InChI=1S/C7H8N6S/c1-13-3-2-4(12-13)5-9-6(8)11-7(14)10-5/h2-3H,1H3,(H3,8,9,10,11,14). The Labute approximate surface area is 84.8 Å². The fraction of sp³-hybridized carbons (Fsp3) is 0.143. The third-order valence-corrected chi connectivity index (χ3v) is 1.81. The molecule has 2 aromatic heterocycles. The van der Waals surface area contributed by atoms with Crippen LogP contribution in [0.2, 0.25) is 0 Å². The van der Waals surface area contributed by atoms with Gasteiger partial charge in [-0.05, 0) is 18.3 Å². The number of H-pyrrole nitrogens is 1. The molecule has 0 saturated carbocycles. The number of rotatable bonds is 1. The molecular weight excluding hydrogens is 200 g/mol. The van der Waals surface area contributed by atoms with E-state index in [1.165, 1.54) is 0 Å². The molecule has 14 heavy (non-hydrogen) atoms. The Balaban J connectivity index is 2.56. The maximum Gasteiger partial charge on any atom is 0.224 e.